The minimum absolute atomic E-state index is 0.0555. The Morgan fingerprint density at radius 2 is 1.64 bits per heavy atom. The predicted molar refractivity (Wildman–Crippen MR) is 224 cm³/mol. The molecular weight excluding hydrogens is 776 g/mol. The average Bonchev–Trinajstić information content (AvgIpc) is 3.72. The van der Waals surface area contributed by atoms with Gasteiger partial charge in [0.2, 0.25) is 11.8 Å². The summed E-state index contributed by atoms with van der Waals surface area (Å²) >= 11 is 1.34. The van der Waals surface area contributed by atoms with Crippen LogP contribution in [0.3, 0.4) is 0 Å². The average molecular weight is 825 g/mol. The molecule has 59 heavy (non-hydrogen) atoms. The number of fused-ring (bicyclic) bond motifs is 1. The number of benzene rings is 4. The molecule has 2 amide bonds. The van der Waals surface area contributed by atoms with E-state index in [0.29, 0.717) is 73.9 Å². The Kier molecular flexibility index (Phi) is 15.5. The van der Waals surface area contributed by atoms with E-state index in [-0.39, 0.29) is 54.4 Å². The molecule has 6 rings (SSSR count). The molecule has 1 aliphatic heterocycles. The van der Waals surface area contributed by atoms with Crippen molar-refractivity contribution in [2.45, 2.75) is 45.6 Å². The van der Waals surface area contributed by atoms with Crippen molar-refractivity contribution < 1.29 is 42.8 Å². The minimum Gasteiger partial charge on any atom is -0.487 e. The zero-order valence-corrected chi connectivity index (χ0v) is 33.9. The molecule has 310 valence electrons. The van der Waals surface area contributed by atoms with Crippen LogP contribution in [0, 0.1) is 11.7 Å². The molecule has 0 spiro atoms. The van der Waals surface area contributed by atoms with Crippen molar-refractivity contribution >= 4 is 34.3 Å². The lowest BCUT2D eigenvalue weighted by atomic mass is 9.91. The van der Waals surface area contributed by atoms with E-state index < -0.39 is 11.8 Å². The molecule has 0 saturated heterocycles. The van der Waals surface area contributed by atoms with Crippen LogP contribution in [0.2, 0.25) is 0 Å². The predicted octanol–water partition coefficient (Wildman–Crippen LogP) is 7.62. The number of rotatable bonds is 21. The molecule has 0 saturated carbocycles. The van der Waals surface area contributed by atoms with Gasteiger partial charge in [-0.3, -0.25) is 9.59 Å². The Balaban J connectivity index is 1.02. The molecule has 2 heterocycles. The van der Waals surface area contributed by atoms with E-state index in [4.69, 9.17) is 18.9 Å². The fraction of sp³-hybridized carbons (Fsp3) is 0.333. The van der Waals surface area contributed by atoms with Crippen molar-refractivity contribution in [2.75, 3.05) is 51.4 Å². The molecule has 12 nitrogen and oxygen atoms in total. The van der Waals surface area contributed by atoms with Crippen LogP contribution in [0.4, 0.5) is 9.52 Å². The lowest BCUT2D eigenvalue weighted by Gasteiger charge is -2.28. The van der Waals surface area contributed by atoms with Gasteiger partial charge in [-0.15, -0.1) is 11.3 Å². The van der Waals surface area contributed by atoms with Crippen molar-refractivity contribution in [2.24, 2.45) is 5.92 Å². The summed E-state index contributed by atoms with van der Waals surface area (Å²) in [6.45, 7) is 6.90. The summed E-state index contributed by atoms with van der Waals surface area (Å²) in [5, 5.41) is 20.7. The standard InChI is InChI=1S/C45H49FN4O8S/c1-29(2)23-30-3-5-31(6-4-30)24-42(51)48-15-17-55-18-19-56-20-21-57-40-25-34-13-14-47-39(28-43(52)50-45-49-16-22-59-45)37(34)27-41(40)58-35-11-12-36(38(46)26-35)32-7-9-33(10-8-32)44(53)54/h3-12,16,22,25-27,29,39,47H,13-15,17-21,23-24,28H2,1-2H3,(H,48,51)(H,53,54)(H,49,50,52). The van der Waals surface area contributed by atoms with Crippen molar-refractivity contribution in [3.63, 3.8) is 0 Å². The van der Waals surface area contributed by atoms with Gasteiger partial charge in [0.05, 0.1) is 38.4 Å². The number of amides is 2. The number of anilines is 1. The summed E-state index contributed by atoms with van der Waals surface area (Å²) in [4.78, 5) is 40.7. The van der Waals surface area contributed by atoms with Gasteiger partial charge >= 0.3 is 5.97 Å². The third-order valence-electron chi connectivity index (χ3n) is 9.50. The highest BCUT2D eigenvalue weighted by Crippen LogP contribution is 2.40. The number of halogens is 1. The van der Waals surface area contributed by atoms with Gasteiger partial charge in [-0.1, -0.05) is 50.2 Å². The number of carboxylic acids is 1. The minimum atomic E-state index is -1.06. The van der Waals surface area contributed by atoms with Gasteiger partial charge < -0.3 is 40.0 Å². The second-order valence-corrected chi connectivity index (χ2v) is 15.4. The van der Waals surface area contributed by atoms with Crippen molar-refractivity contribution in [1.29, 1.82) is 0 Å². The quantitative estimate of drug-likeness (QED) is 0.0543. The van der Waals surface area contributed by atoms with Crippen molar-refractivity contribution in [3.05, 3.63) is 124 Å². The monoisotopic (exact) mass is 824 g/mol. The Morgan fingerprint density at radius 3 is 2.36 bits per heavy atom. The molecule has 1 aliphatic rings. The fourth-order valence-electron chi connectivity index (χ4n) is 6.69. The number of aromatic carboxylic acids is 1. The number of hydrogen-bond acceptors (Lipinski definition) is 10. The maximum atomic E-state index is 15.5. The first-order valence-electron chi connectivity index (χ1n) is 19.6. The summed E-state index contributed by atoms with van der Waals surface area (Å²) in [6.07, 6.45) is 3.81. The van der Waals surface area contributed by atoms with Crippen LogP contribution in [-0.4, -0.2) is 74.0 Å². The number of carbonyl (C=O) groups is 3. The number of nitrogens with one attached hydrogen (secondary N) is 3. The molecule has 1 unspecified atom stereocenters. The van der Waals surface area contributed by atoms with Gasteiger partial charge in [-0.2, -0.15) is 0 Å². The van der Waals surface area contributed by atoms with Crippen molar-refractivity contribution in [1.82, 2.24) is 15.6 Å². The van der Waals surface area contributed by atoms with Gasteiger partial charge in [0, 0.05) is 42.2 Å². The number of carboxylic acid groups (broad SMARTS) is 1. The van der Waals surface area contributed by atoms with E-state index in [0.717, 1.165) is 23.1 Å². The Bertz CT molecular complexity index is 2160. The SMILES string of the molecule is CC(C)Cc1ccc(CC(=O)NCCOCCOCCOc2cc3c(cc2Oc2ccc(-c4ccc(C(=O)O)cc4)c(F)c2)C(CC(=O)Nc2nccs2)NCC3)cc1. The smallest absolute Gasteiger partial charge is 0.335 e. The van der Waals surface area contributed by atoms with Crippen LogP contribution in [0.1, 0.15) is 58.9 Å². The number of ether oxygens (including phenoxy) is 4. The Morgan fingerprint density at radius 1 is 0.898 bits per heavy atom. The highest BCUT2D eigenvalue weighted by molar-refractivity contribution is 7.13. The summed E-state index contributed by atoms with van der Waals surface area (Å²) in [6, 6.07) is 22.0. The van der Waals surface area contributed by atoms with Crippen LogP contribution in [0.25, 0.3) is 11.1 Å². The molecular formula is C45H49FN4O8S. The molecule has 4 N–H and O–H groups in total. The topological polar surface area (TPSA) is 157 Å². The lowest BCUT2D eigenvalue weighted by molar-refractivity contribution is -0.120. The highest BCUT2D eigenvalue weighted by Gasteiger charge is 2.26. The van der Waals surface area contributed by atoms with E-state index in [1.807, 2.05) is 24.3 Å². The second-order valence-electron chi connectivity index (χ2n) is 14.5. The molecule has 5 aromatic rings. The summed E-state index contributed by atoms with van der Waals surface area (Å²) in [7, 11) is 0. The summed E-state index contributed by atoms with van der Waals surface area (Å²) in [5.74, 6) is -0.278. The van der Waals surface area contributed by atoms with E-state index in [1.54, 1.807) is 35.8 Å². The molecule has 0 bridgehead atoms. The van der Waals surface area contributed by atoms with Crippen LogP contribution < -0.4 is 25.4 Å². The maximum absolute atomic E-state index is 15.5. The zero-order valence-electron chi connectivity index (χ0n) is 33.1. The molecule has 14 heteroatoms. The van der Waals surface area contributed by atoms with Gasteiger partial charge in [0.25, 0.3) is 0 Å². The van der Waals surface area contributed by atoms with Gasteiger partial charge in [-0.05, 0) is 89.5 Å². The van der Waals surface area contributed by atoms with E-state index >= 15 is 4.39 Å². The zero-order chi connectivity index (χ0) is 41.6. The van der Waals surface area contributed by atoms with E-state index in [9.17, 15) is 19.5 Å². The second kappa shape index (κ2) is 21.4. The van der Waals surface area contributed by atoms with Crippen LogP contribution in [0.5, 0.6) is 17.2 Å². The van der Waals surface area contributed by atoms with E-state index in [1.165, 1.54) is 35.1 Å². The summed E-state index contributed by atoms with van der Waals surface area (Å²) in [5.41, 5.74) is 5.01. The largest absolute Gasteiger partial charge is 0.487 e. The highest BCUT2D eigenvalue weighted by atomic mass is 32.1. The fourth-order valence-corrected chi connectivity index (χ4v) is 7.23. The Labute approximate surface area is 347 Å². The first-order chi connectivity index (χ1) is 28.6. The molecule has 1 aromatic heterocycles. The molecule has 0 fully saturated rings. The number of aromatic nitrogens is 1. The first-order valence-corrected chi connectivity index (χ1v) is 20.5. The number of nitrogens with zero attached hydrogens (tertiary/aromatic N) is 1. The number of hydrogen-bond donors (Lipinski definition) is 4. The summed E-state index contributed by atoms with van der Waals surface area (Å²) < 4.78 is 39.3. The van der Waals surface area contributed by atoms with E-state index in [2.05, 4.69) is 46.9 Å². The van der Waals surface area contributed by atoms with Gasteiger partial charge in [0.1, 0.15) is 18.2 Å². The molecule has 0 radical (unpaired) electrons. The third-order valence-corrected chi connectivity index (χ3v) is 10.2. The van der Waals surface area contributed by atoms with Crippen LogP contribution >= 0.6 is 11.3 Å². The third kappa shape index (κ3) is 12.9. The first kappa shape index (κ1) is 42.9. The number of carbonyl (C=O) groups excluding carboxylic acids is 2. The molecule has 4 aromatic carbocycles. The molecule has 0 aliphatic carbocycles. The number of thiazole rings is 1. The Hall–Kier alpha value is -5.67. The van der Waals surface area contributed by atoms with Gasteiger partial charge in [0.15, 0.2) is 16.6 Å². The van der Waals surface area contributed by atoms with Crippen molar-refractivity contribution in [3.8, 4) is 28.4 Å². The maximum Gasteiger partial charge on any atom is 0.335 e. The van der Waals surface area contributed by atoms with Crippen LogP contribution in [0.15, 0.2) is 90.4 Å². The lowest BCUT2D eigenvalue weighted by Crippen LogP contribution is -2.32. The van der Waals surface area contributed by atoms with Gasteiger partial charge in [-0.25, -0.2) is 14.2 Å². The molecule has 1 atom stereocenters. The van der Waals surface area contributed by atoms with Crippen LogP contribution in [-0.2, 0) is 38.3 Å². The normalized spacial score (nSPS) is 13.5.